The number of nitrogens with one attached hydrogen (secondary N) is 3. The molecule has 4 amide bonds. The maximum absolute atomic E-state index is 13.5. The van der Waals surface area contributed by atoms with Crippen molar-refractivity contribution in [2.75, 3.05) is 19.6 Å². The van der Waals surface area contributed by atoms with E-state index in [0.29, 0.717) is 19.5 Å². The summed E-state index contributed by atoms with van der Waals surface area (Å²) in [6, 6.07) is -1.67. The molecule has 1 aliphatic heterocycles. The van der Waals surface area contributed by atoms with Gasteiger partial charge in [0.1, 0.15) is 18.2 Å². The summed E-state index contributed by atoms with van der Waals surface area (Å²) < 4.78 is 5.20. The number of unbranched alkanes of at least 4 members (excludes halogenated alkanes) is 7. The number of nitrogens with zero attached hydrogens (tertiary/aromatic N) is 1. The van der Waals surface area contributed by atoms with Crippen LogP contribution in [0, 0.1) is 17.8 Å². The van der Waals surface area contributed by atoms with Crippen molar-refractivity contribution in [1.29, 1.82) is 0 Å². The fourth-order valence-electron chi connectivity index (χ4n) is 5.49. The highest BCUT2D eigenvalue weighted by atomic mass is 16.6. The third kappa shape index (κ3) is 10.1. The Labute approximate surface area is 233 Å². The Balaban J connectivity index is 1.99. The molecule has 1 unspecified atom stereocenters. The summed E-state index contributed by atoms with van der Waals surface area (Å²) in [5, 5.41) is 7.83. The van der Waals surface area contributed by atoms with Crippen molar-refractivity contribution in [3.05, 3.63) is 0 Å². The van der Waals surface area contributed by atoms with E-state index in [2.05, 4.69) is 22.9 Å². The smallest absolute Gasteiger partial charge is 0.408 e. The van der Waals surface area contributed by atoms with Gasteiger partial charge in [0, 0.05) is 13.1 Å². The summed E-state index contributed by atoms with van der Waals surface area (Å²) in [5.41, 5.74) is -0.694. The van der Waals surface area contributed by atoms with E-state index in [1.54, 1.807) is 27.7 Å². The van der Waals surface area contributed by atoms with Crippen LogP contribution in [0.15, 0.2) is 0 Å². The van der Waals surface area contributed by atoms with Crippen molar-refractivity contribution in [3.8, 4) is 0 Å². The van der Waals surface area contributed by atoms with Crippen LogP contribution < -0.4 is 16.0 Å². The second kappa shape index (κ2) is 15.2. The highest BCUT2D eigenvalue weighted by molar-refractivity contribution is 6.38. The average molecular weight is 551 g/mol. The van der Waals surface area contributed by atoms with Crippen LogP contribution in [0.2, 0.25) is 0 Å². The van der Waals surface area contributed by atoms with Gasteiger partial charge in [0.2, 0.25) is 17.6 Å². The molecule has 10 nitrogen and oxygen atoms in total. The molecular formula is C29H50N4O6. The number of ether oxygens (including phenoxy) is 1. The predicted molar refractivity (Wildman–Crippen MR) is 149 cm³/mol. The lowest BCUT2D eigenvalue weighted by atomic mass is 10.0. The van der Waals surface area contributed by atoms with Gasteiger partial charge < -0.3 is 25.6 Å². The number of hydrogen-bond acceptors (Lipinski definition) is 6. The van der Waals surface area contributed by atoms with Gasteiger partial charge in [-0.25, -0.2) is 4.79 Å². The SMILES string of the molecule is CCCCCCCCCC[C@H](NC(=O)[C@@H]1[C@H]2C(C)[C@H]2CN1C(=O)CNC(=O)OC(C)(C)C)C(=O)C(=O)NCC. The molecule has 1 saturated heterocycles. The third-order valence-electron chi connectivity index (χ3n) is 7.66. The molecule has 0 aromatic carbocycles. The Morgan fingerprint density at radius 2 is 1.54 bits per heavy atom. The molecule has 0 aromatic rings. The van der Waals surface area contributed by atoms with Crippen LogP contribution in [0.4, 0.5) is 4.79 Å². The molecule has 0 radical (unpaired) electrons. The van der Waals surface area contributed by atoms with Crippen LogP contribution >= 0.6 is 0 Å². The molecule has 10 heteroatoms. The number of carbonyl (C=O) groups is 5. The molecule has 1 heterocycles. The first-order valence-electron chi connectivity index (χ1n) is 14.8. The largest absolute Gasteiger partial charge is 0.444 e. The molecular weight excluding hydrogens is 500 g/mol. The number of Topliss-reactive ketones (excluding diaryl/α,β-unsaturated/α-hetero) is 1. The Kier molecular flexibility index (Phi) is 12.7. The zero-order chi connectivity index (χ0) is 29.2. The van der Waals surface area contributed by atoms with Crippen LogP contribution in [-0.4, -0.2) is 71.8 Å². The number of ketones is 1. The molecule has 1 aliphatic carbocycles. The molecule has 0 aromatic heterocycles. The summed E-state index contributed by atoms with van der Waals surface area (Å²) in [5.74, 6) is -1.67. The second-order valence-electron chi connectivity index (χ2n) is 12.0. The van der Waals surface area contributed by atoms with E-state index in [1.165, 1.54) is 30.6 Å². The third-order valence-corrected chi connectivity index (χ3v) is 7.66. The number of likely N-dealkylation sites (N-methyl/N-ethyl adjacent to an activating group) is 1. The van der Waals surface area contributed by atoms with E-state index in [-0.39, 0.29) is 30.2 Å². The van der Waals surface area contributed by atoms with Gasteiger partial charge in [-0.05, 0) is 51.9 Å². The van der Waals surface area contributed by atoms with E-state index < -0.39 is 41.4 Å². The number of likely N-dealkylation sites (tertiary alicyclic amines) is 1. The van der Waals surface area contributed by atoms with Gasteiger partial charge in [0.15, 0.2) is 0 Å². The van der Waals surface area contributed by atoms with Gasteiger partial charge in [-0.2, -0.15) is 0 Å². The van der Waals surface area contributed by atoms with Gasteiger partial charge in [0.05, 0.1) is 6.04 Å². The van der Waals surface area contributed by atoms with Gasteiger partial charge in [0.25, 0.3) is 5.91 Å². The predicted octanol–water partition coefficient (Wildman–Crippen LogP) is 3.32. The van der Waals surface area contributed by atoms with E-state index in [4.69, 9.17) is 4.74 Å². The number of hydrogen-bond donors (Lipinski definition) is 3. The summed E-state index contributed by atoms with van der Waals surface area (Å²) in [6.45, 7) is 11.6. The lowest BCUT2D eigenvalue weighted by molar-refractivity contribution is -0.142. The fourth-order valence-corrected chi connectivity index (χ4v) is 5.49. The van der Waals surface area contributed by atoms with Gasteiger partial charge in [-0.3, -0.25) is 19.2 Å². The molecule has 2 aliphatic rings. The Bertz CT molecular complexity index is 870. The highest BCUT2D eigenvalue weighted by Gasteiger charge is 2.62. The van der Waals surface area contributed by atoms with Crippen molar-refractivity contribution in [1.82, 2.24) is 20.9 Å². The number of carbonyl (C=O) groups excluding carboxylic acids is 5. The second-order valence-corrected chi connectivity index (χ2v) is 12.0. The topological polar surface area (TPSA) is 134 Å². The van der Waals surface area contributed by atoms with E-state index in [0.717, 1.165) is 25.7 Å². The number of rotatable bonds is 16. The van der Waals surface area contributed by atoms with Crippen molar-refractivity contribution in [3.63, 3.8) is 0 Å². The molecule has 5 atom stereocenters. The quantitative estimate of drug-likeness (QED) is 0.199. The first-order chi connectivity index (χ1) is 18.4. The molecule has 3 N–H and O–H groups in total. The van der Waals surface area contributed by atoms with Gasteiger partial charge in [-0.15, -0.1) is 0 Å². The van der Waals surface area contributed by atoms with E-state index >= 15 is 0 Å². The zero-order valence-electron chi connectivity index (χ0n) is 24.8. The van der Waals surface area contributed by atoms with Crippen molar-refractivity contribution in [2.45, 2.75) is 117 Å². The fraction of sp³-hybridized carbons (Fsp3) is 0.828. The van der Waals surface area contributed by atoms with Crippen LogP contribution in [0.1, 0.15) is 99.3 Å². The average Bonchev–Trinajstić information content (AvgIpc) is 3.29. The molecule has 1 saturated carbocycles. The van der Waals surface area contributed by atoms with Crippen molar-refractivity contribution in [2.24, 2.45) is 17.8 Å². The standard InChI is InChI=1S/C29H50N4O6/c1-7-9-10-11-12-13-14-15-16-21(25(35)27(37)30-8-2)32-26(36)24-23-19(3)20(23)18-33(24)22(34)17-31-28(38)39-29(4,5)6/h19-21,23-24H,7-18H2,1-6H3,(H,30,37)(H,31,38)(H,32,36)/t19?,20-,21+,23+,24+/m1/s1. The van der Waals surface area contributed by atoms with E-state index in [1.807, 2.05) is 6.92 Å². The Hall–Kier alpha value is -2.65. The Morgan fingerprint density at radius 3 is 2.13 bits per heavy atom. The van der Waals surface area contributed by atoms with Gasteiger partial charge >= 0.3 is 6.09 Å². The first kappa shape index (κ1) is 32.6. The lowest BCUT2D eigenvalue weighted by Crippen LogP contribution is -2.56. The molecule has 39 heavy (non-hydrogen) atoms. The number of fused-ring (bicyclic) bond motifs is 1. The highest BCUT2D eigenvalue weighted by Crippen LogP contribution is 2.55. The van der Waals surface area contributed by atoms with Crippen molar-refractivity contribution >= 4 is 29.6 Å². The van der Waals surface area contributed by atoms with Crippen LogP contribution in [0.5, 0.6) is 0 Å². The summed E-state index contributed by atoms with van der Waals surface area (Å²) in [7, 11) is 0. The first-order valence-corrected chi connectivity index (χ1v) is 14.8. The van der Waals surface area contributed by atoms with Crippen LogP contribution in [0.3, 0.4) is 0 Å². The molecule has 222 valence electrons. The number of piperidine rings is 1. The lowest BCUT2D eigenvalue weighted by Gasteiger charge is -2.29. The molecule has 0 bridgehead atoms. The normalized spacial score (nSPS) is 22.5. The van der Waals surface area contributed by atoms with Crippen LogP contribution in [0.25, 0.3) is 0 Å². The maximum atomic E-state index is 13.5. The summed E-state index contributed by atoms with van der Waals surface area (Å²) in [4.78, 5) is 65.3. The maximum Gasteiger partial charge on any atom is 0.408 e. The minimum atomic E-state index is -0.936. The zero-order valence-corrected chi connectivity index (χ0v) is 24.8. The monoisotopic (exact) mass is 550 g/mol. The minimum Gasteiger partial charge on any atom is -0.444 e. The van der Waals surface area contributed by atoms with E-state index in [9.17, 15) is 24.0 Å². The van der Waals surface area contributed by atoms with Gasteiger partial charge in [-0.1, -0.05) is 65.2 Å². The minimum absolute atomic E-state index is 0.00109. The Morgan fingerprint density at radius 1 is 0.923 bits per heavy atom. The van der Waals surface area contributed by atoms with Crippen molar-refractivity contribution < 1.29 is 28.7 Å². The molecule has 2 fully saturated rings. The molecule has 2 rings (SSSR count). The molecule has 0 spiro atoms. The summed E-state index contributed by atoms with van der Waals surface area (Å²) in [6.07, 6.45) is 8.38. The van der Waals surface area contributed by atoms with Crippen LogP contribution in [-0.2, 0) is 23.9 Å². The number of amides is 4. The summed E-state index contributed by atoms with van der Waals surface area (Å²) >= 11 is 0. The number of alkyl carbamates (subject to hydrolysis) is 1.